The predicted octanol–water partition coefficient (Wildman–Crippen LogP) is 2.46. The summed E-state index contributed by atoms with van der Waals surface area (Å²) in [4.78, 5) is 14.0. The van der Waals surface area contributed by atoms with Crippen LogP contribution in [0, 0.1) is 5.92 Å². The summed E-state index contributed by atoms with van der Waals surface area (Å²) in [5, 5.41) is 5.41. The third-order valence-corrected chi connectivity index (χ3v) is 5.64. The van der Waals surface area contributed by atoms with Gasteiger partial charge in [-0.15, -0.1) is 0 Å². The second-order valence-electron chi connectivity index (χ2n) is 7.35. The Balaban J connectivity index is 1.44. The largest absolute Gasteiger partial charge is 0.355 e. The molecule has 1 aliphatic heterocycles. The Bertz CT molecular complexity index is 675. The molecule has 130 valence electrons. The first kappa shape index (κ1) is 15.8. The summed E-state index contributed by atoms with van der Waals surface area (Å²) >= 11 is 0. The Morgan fingerprint density at radius 2 is 1.88 bits per heavy atom. The smallest absolute Gasteiger partial charge is 0.163 e. The SMILES string of the molecule is Cn1ncc2c(N3CCCN(CC4CCCCC4)CC3)ncnc21. The maximum atomic E-state index is 4.57. The molecule has 0 radical (unpaired) electrons. The third kappa shape index (κ3) is 3.24. The Kier molecular flexibility index (Phi) is 4.65. The van der Waals surface area contributed by atoms with Crippen molar-refractivity contribution in [1.29, 1.82) is 0 Å². The Hall–Kier alpha value is -1.69. The third-order valence-electron chi connectivity index (χ3n) is 5.64. The molecule has 0 unspecified atom stereocenters. The van der Waals surface area contributed by atoms with Crippen molar-refractivity contribution < 1.29 is 0 Å². The molecule has 2 fully saturated rings. The summed E-state index contributed by atoms with van der Waals surface area (Å²) in [6.45, 7) is 5.77. The molecular weight excluding hydrogens is 300 g/mol. The van der Waals surface area contributed by atoms with Gasteiger partial charge >= 0.3 is 0 Å². The van der Waals surface area contributed by atoms with E-state index in [2.05, 4.69) is 24.9 Å². The Labute approximate surface area is 143 Å². The normalized spacial score (nSPS) is 21.3. The lowest BCUT2D eigenvalue weighted by Gasteiger charge is -2.29. The average Bonchev–Trinajstić information content (AvgIpc) is 2.85. The highest BCUT2D eigenvalue weighted by molar-refractivity contribution is 5.86. The highest BCUT2D eigenvalue weighted by Crippen LogP contribution is 2.26. The number of hydrogen-bond donors (Lipinski definition) is 0. The van der Waals surface area contributed by atoms with Crippen LogP contribution in [-0.2, 0) is 7.05 Å². The molecule has 2 aliphatic rings. The van der Waals surface area contributed by atoms with Crippen molar-refractivity contribution in [2.45, 2.75) is 38.5 Å². The van der Waals surface area contributed by atoms with Crippen molar-refractivity contribution in [3.63, 3.8) is 0 Å². The van der Waals surface area contributed by atoms with Gasteiger partial charge in [-0.1, -0.05) is 19.3 Å². The fourth-order valence-corrected chi connectivity index (χ4v) is 4.30. The highest BCUT2D eigenvalue weighted by atomic mass is 15.3. The second-order valence-corrected chi connectivity index (χ2v) is 7.35. The van der Waals surface area contributed by atoms with Gasteiger partial charge in [0, 0.05) is 33.2 Å². The summed E-state index contributed by atoms with van der Waals surface area (Å²) in [6, 6.07) is 0. The van der Waals surface area contributed by atoms with Crippen molar-refractivity contribution in [2.24, 2.45) is 13.0 Å². The molecule has 1 saturated heterocycles. The lowest BCUT2D eigenvalue weighted by atomic mass is 9.89. The van der Waals surface area contributed by atoms with Crippen LogP contribution in [0.5, 0.6) is 0 Å². The van der Waals surface area contributed by atoms with Gasteiger partial charge in [0.05, 0.1) is 11.6 Å². The standard InChI is InChI=1S/C18H28N6/c1-22-17-16(12-21-22)18(20-14-19-17)24-9-5-8-23(10-11-24)13-15-6-3-2-4-7-15/h12,14-15H,2-11,13H2,1H3. The lowest BCUT2D eigenvalue weighted by molar-refractivity contribution is 0.211. The van der Waals surface area contributed by atoms with E-state index in [-0.39, 0.29) is 0 Å². The lowest BCUT2D eigenvalue weighted by Crippen LogP contribution is -2.34. The van der Waals surface area contributed by atoms with Gasteiger partial charge in [0.25, 0.3) is 0 Å². The summed E-state index contributed by atoms with van der Waals surface area (Å²) in [5.74, 6) is 1.97. The second kappa shape index (κ2) is 7.05. The minimum absolute atomic E-state index is 0.920. The average molecular weight is 328 g/mol. The van der Waals surface area contributed by atoms with Crippen LogP contribution in [0.15, 0.2) is 12.5 Å². The van der Waals surface area contributed by atoms with Crippen LogP contribution in [0.2, 0.25) is 0 Å². The van der Waals surface area contributed by atoms with Gasteiger partial charge < -0.3 is 9.80 Å². The fraction of sp³-hybridized carbons (Fsp3) is 0.722. The zero-order valence-electron chi connectivity index (χ0n) is 14.7. The van der Waals surface area contributed by atoms with E-state index < -0.39 is 0 Å². The van der Waals surface area contributed by atoms with E-state index in [4.69, 9.17) is 0 Å². The van der Waals surface area contributed by atoms with Crippen molar-refractivity contribution in [3.05, 3.63) is 12.5 Å². The minimum Gasteiger partial charge on any atom is -0.355 e. The minimum atomic E-state index is 0.920. The van der Waals surface area contributed by atoms with Crippen LogP contribution >= 0.6 is 0 Å². The number of anilines is 1. The molecular formula is C18H28N6. The number of aromatic nitrogens is 4. The molecule has 4 rings (SSSR count). The summed E-state index contributed by atoms with van der Waals surface area (Å²) in [7, 11) is 1.94. The number of fused-ring (bicyclic) bond motifs is 1. The first-order chi connectivity index (χ1) is 11.8. The van der Waals surface area contributed by atoms with Crippen LogP contribution < -0.4 is 4.90 Å². The Morgan fingerprint density at radius 3 is 2.75 bits per heavy atom. The van der Waals surface area contributed by atoms with E-state index in [1.165, 1.54) is 51.6 Å². The summed E-state index contributed by atoms with van der Waals surface area (Å²) in [6.07, 6.45) is 12.0. The molecule has 0 spiro atoms. The quantitative estimate of drug-likeness (QED) is 0.866. The first-order valence-electron chi connectivity index (χ1n) is 9.41. The van der Waals surface area contributed by atoms with Crippen molar-refractivity contribution in [2.75, 3.05) is 37.6 Å². The van der Waals surface area contributed by atoms with Gasteiger partial charge in [-0.2, -0.15) is 5.10 Å². The van der Waals surface area contributed by atoms with Crippen molar-refractivity contribution >= 4 is 16.9 Å². The van der Waals surface area contributed by atoms with Crippen molar-refractivity contribution in [1.82, 2.24) is 24.6 Å². The molecule has 0 aromatic carbocycles. The summed E-state index contributed by atoms with van der Waals surface area (Å²) in [5.41, 5.74) is 0.920. The van der Waals surface area contributed by atoms with Gasteiger partial charge in [0.15, 0.2) is 5.65 Å². The maximum Gasteiger partial charge on any atom is 0.163 e. The van der Waals surface area contributed by atoms with E-state index in [0.29, 0.717) is 0 Å². The Morgan fingerprint density at radius 1 is 1.00 bits per heavy atom. The zero-order chi connectivity index (χ0) is 16.4. The first-order valence-corrected chi connectivity index (χ1v) is 9.41. The zero-order valence-corrected chi connectivity index (χ0v) is 14.7. The van der Waals surface area contributed by atoms with E-state index in [1.807, 2.05) is 17.9 Å². The van der Waals surface area contributed by atoms with Crippen molar-refractivity contribution in [3.8, 4) is 0 Å². The molecule has 2 aromatic rings. The van der Waals surface area contributed by atoms with Gasteiger partial charge in [-0.3, -0.25) is 4.68 Å². The van der Waals surface area contributed by atoms with Gasteiger partial charge in [-0.25, -0.2) is 9.97 Å². The topological polar surface area (TPSA) is 50.1 Å². The molecule has 6 nitrogen and oxygen atoms in total. The van der Waals surface area contributed by atoms with E-state index >= 15 is 0 Å². The highest BCUT2D eigenvalue weighted by Gasteiger charge is 2.22. The van der Waals surface area contributed by atoms with Crippen LogP contribution in [0.4, 0.5) is 5.82 Å². The van der Waals surface area contributed by atoms with E-state index in [1.54, 1.807) is 6.33 Å². The molecule has 1 saturated carbocycles. The molecule has 6 heteroatoms. The molecule has 0 bridgehead atoms. The maximum absolute atomic E-state index is 4.57. The molecule has 0 atom stereocenters. The molecule has 1 aliphatic carbocycles. The van der Waals surface area contributed by atoms with Gasteiger partial charge in [-0.05, 0) is 31.7 Å². The molecule has 0 N–H and O–H groups in total. The number of hydrogen-bond acceptors (Lipinski definition) is 5. The summed E-state index contributed by atoms with van der Waals surface area (Å²) < 4.78 is 1.83. The van der Waals surface area contributed by atoms with Gasteiger partial charge in [0.1, 0.15) is 12.1 Å². The molecule has 2 aromatic heterocycles. The van der Waals surface area contributed by atoms with Crippen LogP contribution in [0.3, 0.4) is 0 Å². The van der Waals surface area contributed by atoms with Crippen LogP contribution in [0.1, 0.15) is 38.5 Å². The van der Waals surface area contributed by atoms with Gasteiger partial charge in [0.2, 0.25) is 0 Å². The van der Waals surface area contributed by atoms with E-state index in [9.17, 15) is 0 Å². The van der Waals surface area contributed by atoms with Crippen LogP contribution in [-0.4, -0.2) is 57.4 Å². The number of nitrogens with zero attached hydrogens (tertiary/aromatic N) is 6. The van der Waals surface area contributed by atoms with Crippen LogP contribution in [0.25, 0.3) is 11.0 Å². The fourth-order valence-electron chi connectivity index (χ4n) is 4.30. The molecule has 0 amide bonds. The number of aryl methyl sites for hydroxylation is 1. The van der Waals surface area contributed by atoms with E-state index in [0.717, 1.165) is 42.4 Å². The predicted molar refractivity (Wildman–Crippen MR) is 96.1 cm³/mol. The monoisotopic (exact) mass is 328 g/mol. The number of rotatable bonds is 3. The molecule has 24 heavy (non-hydrogen) atoms. The molecule has 3 heterocycles.